The van der Waals surface area contributed by atoms with Crippen molar-refractivity contribution >= 4 is 18.3 Å². The summed E-state index contributed by atoms with van der Waals surface area (Å²) >= 11 is 0. The Morgan fingerprint density at radius 1 is 1.75 bits per heavy atom. The second-order valence-corrected chi connectivity index (χ2v) is 2.48. The molecule has 0 aliphatic carbocycles. The number of hydrogen-bond donors (Lipinski definition) is 2. The highest BCUT2D eigenvalue weighted by Crippen LogP contribution is 1.91. The number of ether oxygens (including phenoxy) is 1. The lowest BCUT2D eigenvalue weighted by molar-refractivity contribution is -0.125. The summed E-state index contributed by atoms with van der Waals surface area (Å²) in [6.45, 7) is 4.54. The van der Waals surface area contributed by atoms with Gasteiger partial charge in [-0.2, -0.15) is 0 Å². The van der Waals surface area contributed by atoms with Crippen molar-refractivity contribution < 1.29 is 9.53 Å². The monoisotopic (exact) mass is 194 g/mol. The fourth-order valence-electron chi connectivity index (χ4n) is 1.03. The van der Waals surface area contributed by atoms with Gasteiger partial charge in [0, 0.05) is 13.1 Å². The Kier molecular flexibility index (Phi) is 6.06. The van der Waals surface area contributed by atoms with Crippen molar-refractivity contribution in [1.82, 2.24) is 10.6 Å². The maximum atomic E-state index is 11.1. The van der Waals surface area contributed by atoms with Crippen LogP contribution in [0.15, 0.2) is 0 Å². The van der Waals surface area contributed by atoms with Crippen LogP contribution in [0.25, 0.3) is 0 Å². The second-order valence-electron chi connectivity index (χ2n) is 2.48. The minimum atomic E-state index is -0.149. The highest BCUT2D eigenvalue weighted by Gasteiger charge is 2.19. The zero-order chi connectivity index (χ0) is 8.10. The Balaban J connectivity index is 0.00000121. The van der Waals surface area contributed by atoms with Crippen molar-refractivity contribution in [3.8, 4) is 0 Å². The Morgan fingerprint density at radius 3 is 3.00 bits per heavy atom. The van der Waals surface area contributed by atoms with Crippen LogP contribution in [-0.2, 0) is 9.53 Å². The zero-order valence-electron chi connectivity index (χ0n) is 7.13. The van der Waals surface area contributed by atoms with E-state index in [0.717, 1.165) is 6.54 Å². The van der Waals surface area contributed by atoms with Crippen LogP contribution in [0.4, 0.5) is 0 Å². The number of amides is 1. The SMILES string of the molecule is CCNC(=O)[C@H]1COCCN1.Cl. The first-order valence-electron chi connectivity index (χ1n) is 3.93. The first-order valence-corrected chi connectivity index (χ1v) is 3.93. The lowest BCUT2D eigenvalue weighted by Crippen LogP contribution is -2.51. The molecule has 0 spiro atoms. The smallest absolute Gasteiger partial charge is 0.239 e. The number of rotatable bonds is 2. The minimum absolute atomic E-state index is 0. The van der Waals surface area contributed by atoms with E-state index in [1.807, 2.05) is 6.92 Å². The molecular weight excluding hydrogens is 180 g/mol. The van der Waals surface area contributed by atoms with E-state index in [9.17, 15) is 4.79 Å². The quantitative estimate of drug-likeness (QED) is 0.625. The maximum Gasteiger partial charge on any atom is 0.239 e. The van der Waals surface area contributed by atoms with Crippen LogP contribution in [-0.4, -0.2) is 38.3 Å². The molecular formula is C7H15ClN2O2. The van der Waals surface area contributed by atoms with Gasteiger partial charge in [-0.05, 0) is 6.92 Å². The van der Waals surface area contributed by atoms with Crippen molar-refractivity contribution in [1.29, 1.82) is 0 Å². The van der Waals surface area contributed by atoms with Crippen LogP contribution in [0, 0.1) is 0 Å². The molecule has 1 heterocycles. The van der Waals surface area contributed by atoms with Crippen molar-refractivity contribution in [2.75, 3.05) is 26.3 Å². The molecule has 0 aromatic carbocycles. The van der Waals surface area contributed by atoms with Crippen LogP contribution in [0.5, 0.6) is 0 Å². The van der Waals surface area contributed by atoms with E-state index in [2.05, 4.69) is 10.6 Å². The predicted molar refractivity (Wildman–Crippen MR) is 48.5 cm³/mol. The molecule has 1 aliphatic heterocycles. The molecule has 4 nitrogen and oxygen atoms in total. The van der Waals surface area contributed by atoms with Crippen molar-refractivity contribution in [2.45, 2.75) is 13.0 Å². The topological polar surface area (TPSA) is 50.4 Å². The van der Waals surface area contributed by atoms with Gasteiger partial charge in [0.1, 0.15) is 6.04 Å². The number of halogens is 1. The molecule has 0 bridgehead atoms. The van der Waals surface area contributed by atoms with E-state index < -0.39 is 0 Å². The Morgan fingerprint density at radius 2 is 2.50 bits per heavy atom. The summed E-state index contributed by atoms with van der Waals surface area (Å²) in [5.74, 6) is 0.0344. The predicted octanol–water partition coefficient (Wildman–Crippen LogP) is -0.467. The Hall–Kier alpha value is -0.320. The lowest BCUT2D eigenvalue weighted by atomic mass is 10.2. The number of morpholine rings is 1. The molecule has 72 valence electrons. The summed E-state index contributed by atoms with van der Waals surface area (Å²) < 4.78 is 5.13. The summed E-state index contributed by atoms with van der Waals surface area (Å²) in [6.07, 6.45) is 0. The molecule has 2 N–H and O–H groups in total. The number of nitrogens with one attached hydrogen (secondary N) is 2. The van der Waals surface area contributed by atoms with Crippen LogP contribution >= 0.6 is 12.4 Å². The fourth-order valence-corrected chi connectivity index (χ4v) is 1.03. The standard InChI is InChI=1S/C7H14N2O2.ClH/c1-2-8-7(10)6-5-11-4-3-9-6;/h6,9H,2-5H2,1H3,(H,8,10);1H/t6-;/m1./s1. The molecule has 1 rings (SSSR count). The summed E-state index contributed by atoms with van der Waals surface area (Å²) in [6, 6.07) is -0.149. The Labute approximate surface area is 78.5 Å². The van der Waals surface area contributed by atoms with Crippen molar-refractivity contribution in [2.24, 2.45) is 0 Å². The fraction of sp³-hybridized carbons (Fsp3) is 0.857. The zero-order valence-corrected chi connectivity index (χ0v) is 7.95. The summed E-state index contributed by atoms with van der Waals surface area (Å²) in [5, 5.41) is 5.80. The molecule has 0 aromatic heterocycles. The van der Waals surface area contributed by atoms with Crippen LogP contribution in [0.3, 0.4) is 0 Å². The summed E-state index contributed by atoms with van der Waals surface area (Å²) in [5.41, 5.74) is 0. The van der Waals surface area contributed by atoms with E-state index in [4.69, 9.17) is 4.74 Å². The summed E-state index contributed by atoms with van der Waals surface area (Å²) in [4.78, 5) is 11.1. The average Bonchev–Trinajstić information content (AvgIpc) is 2.07. The van der Waals surface area contributed by atoms with Crippen LogP contribution in [0.2, 0.25) is 0 Å². The van der Waals surface area contributed by atoms with Gasteiger partial charge in [-0.1, -0.05) is 0 Å². The van der Waals surface area contributed by atoms with Crippen molar-refractivity contribution in [3.05, 3.63) is 0 Å². The van der Waals surface area contributed by atoms with Gasteiger partial charge in [-0.25, -0.2) is 0 Å². The van der Waals surface area contributed by atoms with Gasteiger partial charge >= 0.3 is 0 Å². The van der Waals surface area contributed by atoms with Gasteiger partial charge in [-0.15, -0.1) is 12.4 Å². The minimum Gasteiger partial charge on any atom is -0.378 e. The molecule has 1 atom stereocenters. The van der Waals surface area contributed by atoms with Crippen LogP contribution < -0.4 is 10.6 Å². The van der Waals surface area contributed by atoms with Crippen molar-refractivity contribution in [3.63, 3.8) is 0 Å². The van der Waals surface area contributed by atoms with Gasteiger partial charge in [0.25, 0.3) is 0 Å². The highest BCUT2D eigenvalue weighted by molar-refractivity contribution is 5.85. The molecule has 5 heteroatoms. The largest absolute Gasteiger partial charge is 0.378 e. The Bertz CT molecular complexity index is 137. The van der Waals surface area contributed by atoms with E-state index in [1.165, 1.54) is 0 Å². The van der Waals surface area contributed by atoms with Crippen LogP contribution in [0.1, 0.15) is 6.92 Å². The van der Waals surface area contributed by atoms with Gasteiger partial charge in [-0.3, -0.25) is 4.79 Å². The molecule has 0 saturated carbocycles. The molecule has 1 fully saturated rings. The molecule has 0 unspecified atom stereocenters. The molecule has 1 amide bonds. The lowest BCUT2D eigenvalue weighted by Gasteiger charge is -2.22. The van der Waals surface area contributed by atoms with Gasteiger partial charge in [0.15, 0.2) is 0 Å². The van der Waals surface area contributed by atoms with E-state index in [1.54, 1.807) is 0 Å². The summed E-state index contributed by atoms with van der Waals surface area (Å²) in [7, 11) is 0. The molecule has 12 heavy (non-hydrogen) atoms. The third-order valence-electron chi connectivity index (χ3n) is 1.59. The number of hydrogen-bond acceptors (Lipinski definition) is 3. The third kappa shape index (κ3) is 3.38. The molecule has 1 saturated heterocycles. The number of likely N-dealkylation sites (N-methyl/N-ethyl adjacent to an activating group) is 1. The van der Waals surface area contributed by atoms with E-state index in [-0.39, 0.29) is 24.4 Å². The number of carbonyl (C=O) groups is 1. The molecule has 1 aliphatic rings. The molecule has 0 radical (unpaired) electrons. The van der Waals surface area contributed by atoms with Gasteiger partial charge in [0.2, 0.25) is 5.91 Å². The van der Waals surface area contributed by atoms with E-state index >= 15 is 0 Å². The van der Waals surface area contributed by atoms with Gasteiger partial charge in [0.05, 0.1) is 13.2 Å². The second kappa shape index (κ2) is 6.22. The average molecular weight is 195 g/mol. The third-order valence-corrected chi connectivity index (χ3v) is 1.59. The van der Waals surface area contributed by atoms with Gasteiger partial charge < -0.3 is 15.4 Å². The normalized spacial score (nSPS) is 22.6. The number of carbonyl (C=O) groups excluding carboxylic acids is 1. The first-order chi connectivity index (χ1) is 5.34. The first kappa shape index (κ1) is 11.7. The molecule has 0 aromatic rings. The maximum absolute atomic E-state index is 11.1. The van der Waals surface area contributed by atoms with E-state index in [0.29, 0.717) is 19.8 Å². The highest BCUT2D eigenvalue weighted by atomic mass is 35.5.